The van der Waals surface area contributed by atoms with Gasteiger partial charge in [0.15, 0.2) is 12.3 Å². The minimum Gasteiger partial charge on any atom is -0.483 e. The molecule has 2 aromatic heterocycles. The van der Waals surface area contributed by atoms with E-state index < -0.39 is 0 Å². The number of ether oxygens (including phenoxy) is 1. The first-order valence-electron chi connectivity index (χ1n) is 7.00. The molecule has 1 amide bonds. The Kier molecular flexibility index (Phi) is 4.38. The maximum Gasteiger partial charge on any atom is 0.263 e. The number of nitrogens with one attached hydrogen (secondary N) is 1. The van der Waals surface area contributed by atoms with Crippen molar-refractivity contribution in [2.45, 2.75) is 13.8 Å². The number of aryl methyl sites for hydroxylation is 2. The van der Waals surface area contributed by atoms with Crippen LogP contribution in [0.5, 0.6) is 5.75 Å². The first-order valence-corrected chi connectivity index (χ1v) is 7.88. The van der Waals surface area contributed by atoms with Gasteiger partial charge in [0.1, 0.15) is 5.75 Å². The molecule has 0 aliphatic heterocycles. The van der Waals surface area contributed by atoms with Crippen molar-refractivity contribution in [1.29, 1.82) is 0 Å². The maximum atomic E-state index is 12.1. The van der Waals surface area contributed by atoms with Crippen molar-refractivity contribution in [2.75, 3.05) is 11.9 Å². The quantitative estimate of drug-likeness (QED) is 0.776. The number of benzene rings is 1. The lowest BCUT2D eigenvalue weighted by molar-refractivity contribution is -0.118. The van der Waals surface area contributed by atoms with Crippen LogP contribution in [0, 0.1) is 13.8 Å². The third kappa shape index (κ3) is 3.40. The van der Waals surface area contributed by atoms with Gasteiger partial charge in [-0.2, -0.15) is 0 Å². The van der Waals surface area contributed by atoms with Gasteiger partial charge >= 0.3 is 0 Å². The standard InChI is InChI=1S/C16H15N3O3S/c1-10-5-3-6-11(2)15(10)21-9-13(20)17-16-14(18-22-19-16)12-7-4-8-23-12/h3-8H,9H2,1-2H3,(H,17,19,20). The van der Waals surface area contributed by atoms with Gasteiger partial charge in [-0.05, 0) is 46.7 Å². The van der Waals surface area contributed by atoms with Crippen molar-refractivity contribution in [2.24, 2.45) is 0 Å². The number of thiophene rings is 1. The molecule has 0 fully saturated rings. The largest absolute Gasteiger partial charge is 0.483 e. The van der Waals surface area contributed by atoms with E-state index in [1.807, 2.05) is 49.6 Å². The zero-order valence-electron chi connectivity index (χ0n) is 12.7. The molecule has 0 saturated carbocycles. The molecule has 1 aromatic carbocycles. The molecular weight excluding hydrogens is 314 g/mol. The smallest absolute Gasteiger partial charge is 0.263 e. The van der Waals surface area contributed by atoms with Crippen molar-refractivity contribution in [1.82, 2.24) is 10.3 Å². The zero-order chi connectivity index (χ0) is 16.2. The van der Waals surface area contributed by atoms with Gasteiger partial charge in [-0.1, -0.05) is 24.3 Å². The number of nitrogens with zero attached hydrogens (tertiary/aromatic N) is 2. The predicted molar refractivity (Wildman–Crippen MR) is 87.7 cm³/mol. The Bertz CT molecular complexity index is 792. The van der Waals surface area contributed by atoms with Crippen LogP contribution < -0.4 is 10.1 Å². The normalized spacial score (nSPS) is 10.5. The third-order valence-corrected chi connectivity index (χ3v) is 4.13. The Labute approximate surface area is 137 Å². The van der Waals surface area contributed by atoms with Crippen LogP contribution >= 0.6 is 11.3 Å². The molecule has 3 rings (SSSR count). The first-order chi connectivity index (χ1) is 11.1. The molecule has 0 atom stereocenters. The van der Waals surface area contributed by atoms with Gasteiger partial charge < -0.3 is 10.1 Å². The van der Waals surface area contributed by atoms with Crippen LogP contribution in [0.3, 0.4) is 0 Å². The van der Waals surface area contributed by atoms with Crippen LogP contribution in [0.25, 0.3) is 10.6 Å². The van der Waals surface area contributed by atoms with Gasteiger partial charge in [0.25, 0.3) is 5.91 Å². The minimum absolute atomic E-state index is 0.109. The molecule has 0 aliphatic rings. The van der Waals surface area contributed by atoms with Gasteiger partial charge in [0.05, 0.1) is 4.88 Å². The van der Waals surface area contributed by atoms with E-state index in [0.29, 0.717) is 11.5 Å². The van der Waals surface area contributed by atoms with Crippen LogP contribution in [0.15, 0.2) is 40.3 Å². The second kappa shape index (κ2) is 6.62. The maximum absolute atomic E-state index is 12.1. The summed E-state index contributed by atoms with van der Waals surface area (Å²) in [4.78, 5) is 13.0. The summed E-state index contributed by atoms with van der Waals surface area (Å²) in [5.74, 6) is 0.697. The van der Waals surface area contributed by atoms with Crippen LogP contribution in [-0.4, -0.2) is 22.8 Å². The number of rotatable bonds is 5. The number of carbonyl (C=O) groups excluding carboxylic acids is 1. The molecule has 3 aromatic rings. The molecule has 2 heterocycles. The van der Waals surface area contributed by atoms with E-state index in [2.05, 4.69) is 15.6 Å². The second-order valence-electron chi connectivity index (χ2n) is 5.00. The highest BCUT2D eigenvalue weighted by Crippen LogP contribution is 2.28. The number of para-hydroxylation sites is 1. The van der Waals surface area contributed by atoms with Crippen LogP contribution in [0.4, 0.5) is 5.82 Å². The molecule has 23 heavy (non-hydrogen) atoms. The highest BCUT2D eigenvalue weighted by molar-refractivity contribution is 7.13. The number of carbonyl (C=O) groups is 1. The SMILES string of the molecule is Cc1cccc(C)c1OCC(=O)Nc1nonc1-c1cccs1. The van der Waals surface area contributed by atoms with E-state index in [4.69, 9.17) is 9.37 Å². The Balaban J connectivity index is 1.66. The summed E-state index contributed by atoms with van der Waals surface area (Å²) in [6, 6.07) is 9.61. The third-order valence-electron chi connectivity index (χ3n) is 3.26. The van der Waals surface area contributed by atoms with E-state index in [9.17, 15) is 4.79 Å². The topological polar surface area (TPSA) is 77.2 Å². The van der Waals surface area contributed by atoms with Crippen LogP contribution in [-0.2, 0) is 4.79 Å². The summed E-state index contributed by atoms with van der Waals surface area (Å²) < 4.78 is 10.3. The van der Waals surface area contributed by atoms with Crippen molar-refractivity contribution < 1.29 is 14.2 Å². The van der Waals surface area contributed by atoms with Crippen LogP contribution in [0.1, 0.15) is 11.1 Å². The molecule has 1 N–H and O–H groups in total. The Morgan fingerprint density at radius 2 is 2.00 bits per heavy atom. The Morgan fingerprint density at radius 1 is 1.22 bits per heavy atom. The van der Waals surface area contributed by atoms with E-state index >= 15 is 0 Å². The average Bonchev–Trinajstić information content (AvgIpc) is 3.17. The van der Waals surface area contributed by atoms with Crippen molar-refractivity contribution in [3.05, 3.63) is 46.8 Å². The number of anilines is 1. The van der Waals surface area contributed by atoms with Gasteiger partial charge in [-0.15, -0.1) is 11.3 Å². The molecule has 0 aliphatic carbocycles. The molecule has 0 unspecified atom stereocenters. The summed E-state index contributed by atoms with van der Waals surface area (Å²) in [6.07, 6.45) is 0. The molecular formula is C16H15N3O3S. The number of hydrogen-bond donors (Lipinski definition) is 1. The Hall–Kier alpha value is -2.67. The molecule has 0 bridgehead atoms. The second-order valence-corrected chi connectivity index (χ2v) is 5.94. The first kappa shape index (κ1) is 15.2. The number of aromatic nitrogens is 2. The van der Waals surface area contributed by atoms with Crippen LogP contribution in [0.2, 0.25) is 0 Å². The van der Waals surface area contributed by atoms with E-state index in [1.54, 1.807) is 0 Å². The van der Waals surface area contributed by atoms with E-state index in [-0.39, 0.29) is 12.5 Å². The summed E-state index contributed by atoms with van der Waals surface area (Å²) in [6.45, 7) is 3.77. The molecule has 118 valence electrons. The summed E-state index contributed by atoms with van der Waals surface area (Å²) >= 11 is 1.49. The minimum atomic E-state index is -0.318. The molecule has 0 spiro atoms. The zero-order valence-corrected chi connectivity index (χ0v) is 13.5. The number of amides is 1. The fourth-order valence-corrected chi connectivity index (χ4v) is 2.88. The predicted octanol–water partition coefficient (Wildman–Crippen LogP) is 3.43. The van der Waals surface area contributed by atoms with Gasteiger partial charge in [0, 0.05) is 0 Å². The number of hydrogen-bond acceptors (Lipinski definition) is 6. The summed E-state index contributed by atoms with van der Waals surface area (Å²) in [5, 5.41) is 12.1. The van der Waals surface area contributed by atoms with Crippen molar-refractivity contribution >= 4 is 23.1 Å². The monoisotopic (exact) mass is 329 g/mol. The lowest BCUT2D eigenvalue weighted by Gasteiger charge is -2.11. The molecule has 6 nitrogen and oxygen atoms in total. The fourth-order valence-electron chi connectivity index (χ4n) is 2.18. The van der Waals surface area contributed by atoms with E-state index in [1.165, 1.54) is 11.3 Å². The highest BCUT2D eigenvalue weighted by Gasteiger charge is 2.16. The van der Waals surface area contributed by atoms with Gasteiger partial charge in [0.2, 0.25) is 5.82 Å². The highest BCUT2D eigenvalue weighted by atomic mass is 32.1. The summed E-state index contributed by atoms with van der Waals surface area (Å²) in [5.41, 5.74) is 2.49. The van der Waals surface area contributed by atoms with Gasteiger partial charge in [-0.3, -0.25) is 4.79 Å². The van der Waals surface area contributed by atoms with Crippen molar-refractivity contribution in [3.8, 4) is 16.3 Å². The van der Waals surface area contributed by atoms with Gasteiger partial charge in [-0.25, -0.2) is 4.63 Å². The lowest BCUT2D eigenvalue weighted by atomic mass is 10.1. The molecule has 7 heteroatoms. The Morgan fingerprint density at radius 3 is 2.70 bits per heavy atom. The molecule has 0 saturated heterocycles. The molecule has 0 radical (unpaired) electrons. The summed E-state index contributed by atoms with van der Waals surface area (Å²) in [7, 11) is 0. The lowest BCUT2D eigenvalue weighted by Crippen LogP contribution is -2.21. The average molecular weight is 329 g/mol. The van der Waals surface area contributed by atoms with Crippen molar-refractivity contribution in [3.63, 3.8) is 0 Å². The van der Waals surface area contributed by atoms with E-state index in [0.717, 1.165) is 21.8 Å². The fraction of sp³-hybridized carbons (Fsp3) is 0.188.